The number of benzene rings is 2. The van der Waals surface area contributed by atoms with Gasteiger partial charge in [-0.1, -0.05) is 36.4 Å². The predicted octanol–water partition coefficient (Wildman–Crippen LogP) is 7.78. The molecule has 0 amide bonds. The molecule has 0 bridgehead atoms. The second-order valence-corrected chi connectivity index (χ2v) is 11.5. The minimum absolute atomic E-state index is 0.120. The Bertz CT molecular complexity index is 965. The molecule has 0 heterocycles. The number of esters is 1. The van der Waals surface area contributed by atoms with Gasteiger partial charge in [0.25, 0.3) is 0 Å². The number of carbonyl (C=O) groups excluding carboxylic acids is 1. The van der Waals surface area contributed by atoms with E-state index in [-0.39, 0.29) is 5.97 Å². The Morgan fingerprint density at radius 2 is 1.37 bits per heavy atom. The van der Waals surface area contributed by atoms with Crippen LogP contribution in [0.4, 0.5) is 13.2 Å². The largest absolute Gasteiger partial charge is 0.460 e. The molecular weight excluding hydrogens is 451 g/mol. The fourth-order valence-corrected chi connectivity index (χ4v) is 4.72. The Labute approximate surface area is 207 Å². The lowest BCUT2D eigenvalue weighted by Crippen LogP contribution is -2.37. The number of halogens is 3. The van der Waals surface area contributed by atoms with Crippen LogP contribution in [-0.2, 0) is 22.3 Å². The zero-order valence-electron chi connectivity index (χ0n) is 21.5. The molecule has 6 heteroatoms. The molecule has 1 fully saturated rings. The van der Waals surface area contributed by atoms with E-state index in [9.17, 15) is 18.0 Å². The SMILES string of the molecule is CC(C)(C)OC(=O)C(C)(C)CC1CCC(NCc2ccc(-c3ccc(C(F)(F)F)cc3)cc2)CC1. The second-order valence-electron chi connectivity index (χ2n) is 11.5. The summed E-state index contributed by atoms with van der Waals surface area (Å²) in [6.07, 6.45) is 0.881. The molecule has 192 valence electrons. The van der Waals surface area contributed by atoms with Crippen molar-refractivity contribution in [3.05, 3.63) is 59.7 Å². The first kappa shape index (κ1) is 27.3. The molecule has 2 aromatic rings. The summed E-state index contributed by atoms with van der Waals surface area (Å²) in [4.78, 5) is 12.6. The van der Waals surface area contributed by atoms with Crippen LogP contribution >= 0.6 is 0 Å². The van der Waals surface area contributed by atoms with Crippen LogP contribution in [0.5, 0.6) is 0 Å². The first-order valence-electron chi connectivity index (χ1n) is 12.5. The van der Waals surface area contributed by atoms with Gasteiger partial charge >= 0.3 is 12.1 Å². The standard InChI is InChI=1S/C29H38F3NO2/c1-27(2,3)35-26(34)28(4,5)18-20-8-16-25(17-9-20)33-19-21-6-10-22(11-7-21)23-12-14-24(15-13-23)29(30,31)32/h6-7,10-15,20,25,33H,8-9,16-19H2,1-5H3. The van der Waals surface area contributed by atoms with Gasteiger partial charge in [-0.2, -0.15) is 13.2 Å². The maximum atomic E-state index is 12.8. The molecule has 1 aliphatic carbocycles. The van der Waals surface area contributed by atoms with Gasteiger partial charge in [-0.25, -0.2) is 0 Å². The van der Waals surface area contributed by atoms with Crippen molar-refractivity contribution in [2.75, 3.05) is 0 Å². The maximum Gasteiger partial charge on any atom is 0.416 e. The molecule has 3 nitrogen and oxygen atoms in total. The van der Waals surface area contributed by atoms with Crippen LogP contribution in [-0.4, -0.2) is 17.6 Å². The molecule has 0 spiro atoms. The Hall–Kier alpha value is -2.34. The zero-order chi connectivity index (χ0) is 25.9. The first-order chi connectivity index (χ1) is 16.2. The summed E-state index contributed by atoms with van der Waals surface area (Å²) in [5.74, 6) is 0.406. The molecule has 35 heavy (non-hydrogen) atoms. The third-order valence-electron chi connectivity index (χ3n) is 6.69. The van der Waals surface area contributed by atoms with Gasteiger partial charge in [0.2, 0.25) is 0 Å². The molecule has 0 aliphatic heterocycles. The maximum absolute atomic E-state index is 12.8. The highest BCUT2D eigenvalue weighted by molar-refractivity contribution is 5.76. The van der Waals surface area contributed by atoms with Crippen LogP contribution in [0.25, 0.3) is 11.1 Å². The molecule has 1 aliphatic rings. The molecule has 0 atom stereocenters. The summed E-state index contributed by atoms with van der Waals surface area (Å²) in [6.45, 7) is 10.4. The summed E-state index contributed by atoms with van der Waals surface area (Å²) in [7, 11) is 0. The van der Waals surface area contributed by atoms with E-state index in [1.54, 1.807) is 0 Å². The Balaban J connectivity index is 1.45. The van der Waals surface area contributed by atoms with Gasteiger partial charge in [0.05, 0.1) is 11.0 Å². The summed E-state index contributed by atoms with van der Waals surface area (Å²) in [5.41, 5.74) is 1.23. The van der Waals surface area contributed by atoms with Crippen LogP contribution in [0.2, 0.25) is 0 Å². The summed E-state index contributed by atoms with van der Waals surface area (Å²) in [5, 5.41) is 3.64. The minimum atomic E-state index is -4.32. The monoisotopic (exact) mass is 489 g/mol. The summed E-state index contributed by atoms with van der Waals surface area (Å²) in [6, 6.07) is 13.7. The highest BCUT2D eigenvalue weighted by Gasteiger charge is 2.36. The molecule has 0 saturated heterocycles. The van der Waals surface area contributed by atoms with Gasteiger partial charge in [0.15, 0.2) is 0 Å². The van der Waals surface area contributed by atoms with Gasteiger partial charge < -0.3 is 10.1 Å². The first-order valence-corrected chi connectivity index (χ1v) is 12.5. The highest BCUT2D eigenvalue weighted by atomic mass is 19.4. The van der Waals surface area contributed by atoms with Crippen molar-refractivity contribution in [1.29, 1.82) is 0 Å². The number of hydrogen-bond acceptors (Lipinski definition) is 3. The van der Waals surface area contributed by atoms with Crippen molar-refractivity contribution in [3.8, 4) is 11.1 Å². The van der Waals surface area contributed by atoms with Gasteiger partial charge in [-0.15, -0.1) is 0 Å². The van der Waals surface area contributed by atoms with E-state index in [0.29, 0.717) is 12.0 Å². The molecule has 0 unspecified atom stereocenters. The fraction of sp³-hybridized carbons (Fsp3) is 0.552. The minimum Gasteiger partial charge on any atom is -0.460 e. The van der Waals surface area contributed by atoms with Crippen LogP contribution in [0.15, 0.2) is 48.5 Å². The van der Waals surface area contributed by atoms with Crippen molar-refractivity contribution < 1.29 is 22.7 Å². The second kappa shape index (κ2) is 10.7. The third kappa shape index (κ3) is 8.09. The van der Waals surface area contributed by atoms with Crippen molar-refractivity contribution >= 4 is 5.97 Å². The van der Waals surface area contributed by atoms with E-state index in [1.807, 2.05) is 58.9 Å². The van der Waals surface area contributed by atoms with Crippen molar-refractivity contribution in [3.63, 3.8) is 0 Å². The number of ether oxygens (including phenoxy) is 1. The van der Waals surface area contributed by atoms with Crippen LogP contribution < -0.4 is 5.32 Å². The van der Waals surface area contributed by atoms with E-state index in [4.69, 9.17) is 4.74 Å². The number of rotatable bonds is 7. The average molecular weight is 490 g/mol. The van der Waals surface area contributed by atoms with Crippen LogP contribution in [0.3, 0.4) is 0 Å². The van der Waals surface area contributed by atoms with Crippen molar-refractivity contribution in [1.82, 2.24) is 5.32 Å². The quantitative estimate of drug-likeness (QED) is 0.404. The molecule has 3 rings (SSSR count). The van der Waals surface area contributed by atoms with E-state index in [0.717, 1.165) is 67.5 Å². The number of alkyl halides is 3. The topological polar surface area (TPSA) is 38.3 Å². The smallest absolute Gasteiger partial charge is 0.416 e. The van der Waals surface area contributed by atoms with Gasteiger partial charge in [-0.05, 0) is 101 Å². The van der Waals surface area contributed by atoms with Crippen LogP contribution in [0, 0.1) is 11.3 Å². The zero-order valence-corrected chi connectivity index (χ0v) is 21.5. The van der Waals surface area contributed by atoms with E-state index in [2.05, 4.69) is 5.32 Å². The third-order valence-corrected chi connectivity index (χ3v) is 6.69. The molecular formula is C29H38F3NO2. The fourth-order valence-electron chi connectivity index (χ4n) is 4.72. The normalized spacial score (nSPS) is 19.4. The Kier molecular flexibility index (Phi) is 8.36. The summed E-state index contributed by atoms with van der Waals surface area (Å²) < 4.78 is 43.9. The number of hydrogen-bond donors (Lipinski definition) is 1. The molecule has 0 aromatic heterocycles. The molecule has 1 N–H and O–H groups in total. The van der Waals surface area contributed by atoms with E-state index >= 15 is 0 Å². The predicted molar refractivity (Wildman–Crippen MR) is 134 cm³/mol. The highest BCUT2D eigenvalue weighted by Crippen LogP contribution is 2.36. The molecule has 0 radical (unpaired) electrons. The van der Waals surface area contributed by atoms with E-state index in [1.165, 1.54) is 12.1 Å². The van der Waals surface area contributed by atoms with Gasteiger partial charge in [0.1, 0.15) is 5.60 Å². The molecule has 1 saturated carbocycles. The van der Waals surface area contributed by atoms with Crippen molar-refractivity contribution in [2.45, 2.75) is 91.1 Å². The summed E-state index contributed by atoms with van der Waals surface area (Å²) >= 11 is 0. The number of nitrogens with one attached hydrogen (secondary N) is 1. The number of carbonyl (C=O) groups is 1. The Morgan fingerprint density at radius 3 is 1.86 bits per heavy atom. The van der Waals surface area contributed by atoms with Gasteiger partial charge in [-0.3, -0.25) is 4.79 Å². The van der Waals surface area contributed by atoms with Crippen molar-refractivity contribution in [2.24, 2.45) is 11.3 Å². The lowest BCUT2D eigenvalue weighted by molar-refractivity contribution is -0.166. The lowest BCUT2D eigenvalue weighted by atomic mass is 9.75. The molecule has 2 aromatic carbocycles. The average Bonchev–Trinajstić information content (AvgIpc) is 2.77. The lowest BCUT2D eigenvalue weighted by Gasteiger charge is -2.35. The van der Waals surface area contributed by atoms with Gasteiger partial charge in [0, 0.05) is 12.6 Å². The van der Waals surface area contributed by atoms with Crippen LogP contribution in [0.1, 0.15) is 77.8 Å². The Morgan fingerprint density at radius 1 is 0.857 bits per heavy atom. The van der Waals surface area contributed by atoms with E-state index < -0.39 is 22.8 Å².